The third-order valence-corrected chi connectivity index (χ3v) is 5.59. The summed E-state index contributed by atoms with van der Waals surface area (Å²) in [7, 11) is 0. The van der Waals surface area contributed by atoms with Crippen LogP contribution in [0.2, 0.25) is 0 Å². The van der Waals surface area contributed by atoms with Gasteiger partial charge in [-0.15, -0.1) is 0 Å². The topological polar surface area (TPSA) is 83.6 Å². The van der Waals surface area contributed by atoms with Gasteiger partial charge in [0.25, 0.3) is 0 Å². The van der Waals surface area contributed by atoms with E-state index in [1.165, 1.54) is 12.8 Å². The number of nitrogens with zero attached hydrogens (tertiary/aromatic N) is 1. The molecule has 156 valence electrons. The fraction of sp³-hybridized carbons (Fsp3) is 0.652. The molecule has 0 heterocycles. The van der Waals surface area contributed by atoms with Gasteiger partial charge in [0.05, 0.1) is 6.10 Å². The molecule has 2 atom stereocenters. The van der Waals surface area contributed by atoms with E-state index in [0.29, 0.717) is 31.2 Å². The molecule has 5 nitrogen and oxygen atoms in total. The first-order valence-electron chi connectivity index (χ1n) is 10.6. The molecule has 2 amide bonds. The highest BCUT2D eigenvalue weighted by atomic mass is 16.3. The molecule has 5 heteroatoms. The van der Waals surface area contributed by atoms with E-state index in [1.54, 1.807) is 4.90 Å². The van der Waals surface area contributed by atoms with Crippen LogP contribution in [0.15, 0.2) is 30.3 Å². The van der Waals surface area contributed by atoms with Crippen LogP contribution >= 0.6 is 0 Å². The van der Waals surface area contributed by atoms with E-state index in [0.717, 1.165) is 18.4 Å². The Morgan fingerprint density at radius 2 is 1.79 bits per heavy atom. The van der Waals surface area contributed by atoms with Gasteiger partial charge in [-0.25, -0.2) is 0 Å². The molecule has 1 aliphatic rings. The molecule has 1 aromatic carbocycles. The van der Waals surface area contributed by atoms with Crippen molar-refractivity contribution in [1.29, 1.82) is 0 Å². The number of aliphatic hydroxyl groups excluding tert-OH is 1. The number of carbonyl (C=O) groups is 2. The summed E-state index contributed by atoms with van der Waals surface area (Å²) >= 11 is 0. The first kappa shape index (κ1) is 22.4. The Labute approximate surface area is 169 Å². The maximum Gasteiger partial charge on any atom is 0.222 e. The number of hydrogen-bond acceptors (Lipinski definition) is 3. The SMILES string of the molecule is CC(C)CN(CC(O)C[C@@H](Cc1ccccc1)C(N)=O)C(=O)CC1CCCC1. The van der Waals surface area contributed by atoms with Crippen molar-refractivity contribution in [2.75, 3.05) is 13.1 Å². The monoisotopic (exact) mass is 388 g/mol. The molecule has 2 rings (SSSR count). The number of hydrogen-bond donors (Lipinski definition) is 2. The fourth-order valence-electron chi connectivity index (χ4n) is 4.17. The van der Waals surface area contributed by atoms with Crippen LogP contribution in [0.5, 0.6) is 0 Å². The summed E-state index contributed by atoms with van der Waals surface area (Å²) in [4.78, 5) is 26.5. The van der Waals surface area contributed by atoms with Gasteiger partial charge in [0.2, 0.25) is 11.8 Å². The third-order valence-electron chi connectivity index (χ3n) is 5.59. The molecule has 0 aromatic heterocycles. The molecule has 1 fully saturated rings. The van der Waals surface area contributed by atoms with Crippen LogP contribution in [0, 0.1) is 17.8 Å². The predicted octanol–water partition coefficient (Wildman–Crippen LogP) is 3.15. The molecule has 3 N–H and O–H groups in total. The summed E-state index contributed by atoms with van der Waals surface area (Å²) in [5.41, 5.74) is 6.61. The number of nitrogens with two attached hydrogens (primary N) is 1. The molecule has 0 spiro atoms. The average Bonchev–Trinajstić information content (AvgIpc) is 3.14. The van der Waals surface area contributed by atoms with Crippen molar-refractivity contribution in [3.05, 3.63) is 35.9 Å². The van der Waals surface area contributed by atoms with Crippen LogP contribution in [-0.2, 0) is 16.0 Å². The Morgan fingerprint density at radius 1 is 1.14 bits per heavy atom. The van der Waals surface area contributed by atoms with Gasteiger partial charge >= 0.3 is 0 Å². The Kier molecular flexibility index (Phi) is 8.97. The molecule has 1 aliphatic carbocycles. The van der Waals surface area contributed by atoms with E-state index >= 15 is 0 Å². The molecule has 0 bridgehead atoms. The molecule has 1 saturated carbocycles. The average molecular weight is 389 g/mol. The van der Waals surface area contributed by atoms with Crippen molar-refractivity contribution in [1.82, 2.24) is 4.90 Å². The lowest BCUT2D eigenvalue weighted by atomic mass is 9.92. The predicted molar refractivity (Wildman–Crippen MR) is 111 cm³/mol. The second-order valence-corrected chi connectivity index (χ2v) is 8.73. The van der Waals surface area contributed by atoms with Gasteiger partial charge in [0.1, 0.15) is 0 Å². The van der Waals surface area contributed by atoms with Crippen LogP contribution in [0.4, 0.5) is 0 Å². The van der Waals surface area contributed by atoms with Gasteiger partial charge in [0.15, 0.2) is 0 Å². The normalized spacial score (nSPS) is 16.9. The van der Waals surface area contributed by atoms with Gasteiger partial charge in [0, 0.05) is 25.4 Å². The van der Waals surface area contributed by atoms with E-state index in [-0.39, 0.29) is 18.9 Å². The zero-order chi connectivity index (χ0) is 20.5. The minimum atomic E-state index is -0.757. The quantitative estimate of drug-likeness (QED) is 0.611. The van der Waals surface area contributed by atoms with Gasteiger partial charge in [-0.1, -0.05) is 57.0 Å². The number of benzene rings is 1. The maximum atomic E-state index is 12.8. The Hall–Kier alpha value is -1.88. The molecule has 1 aromatic rings. The van der Waals surface area contributed by atoms with Gasteiger partial charge in [-0.3, -0.25) is 9.59 Å². The van der Waals surface area contributed by atoms with E-state index in [1.807, 2.05) is 30.3 Å². The number of primary amides is 1. The van der Waals surface area contributed by atoms with Crippen LogP contribution in [-0.4, -0.2) is 41.0 Å². The summed E-state index contributed by atoms with van der Waals surface area (Å²) in [6.07, 6.45) is 5.28. The summed E-state index contributed by atoms with van der Waals surface area (Å²) in [5, 5.41) is 10.6. The number of rotatable bonds is 11. The lowest BCUT2D eigenvalue weighted by Gasteiger charge is -2.29. The van der Waals surface area contributed by atoms with E-state index in [9.17, 15) is 14.7 Å². The number of aliphatic hydroxyl groups is 1. The smallest absolute Gasteiger partial charge is 0.222 e. The van der Waals surface area contributed by atoms with E-state index < -0.39 is 17.9 Å². The summed E-state index contributed by atoms with van der Waals surface area (Å²) in [5.74, 6) is 0.0869. The molecule has 0 saturated heterocycles. The number of carbonyl (C=O) groups excluding carboxylic acids is 2. The third kappa shape index (κ3) is 7.63. The molecule has 28 heavy (non-hydrogen) atoms. The standard InChI is InChI=1S/C23H36N2O3/c1-17(2)15-25(22(27)13-19-10-6-7-11-19)16-21(26)14-20(23(24)28)12-18-8-4-3-5-9-18/h3-5,8-9,17,19-21,26H,6-7,10-16H2,1-2H3,(H2,24,28)/t20-,21?/m1/s1. The lowest BCUT2D eigenvalue weighted by Crippen LogP contribution is -2.42. The molecular formula is C23H36N2O3. The van der Waals surface area contributed by atoms with Crippen LogP contribution in [0.1, 0.15) is 57.9 Å². The van der Waals surface area contributed by atoms with Crippen molar-refractivity contribution in [2.24, 2.45) is 23.5 Å². The second-order valence-electron chi connectivity index (χ2n) is 8.73. The maximum absolute atomic E-state index is 12.8. The minimum Gasteiger partial charge on any atom is -0.391 e. The Morgan fingerprint density at radius 3 is 2.36 bits per heavy atom. The van der Waals surface area contributed by atoms with Crippen LogP contribution < -0.4 is 5.73 Å². The first-order chi connectivity index (χ1) is 13.3. The van der Waals surface area contributed by atoms with E-state index in [2.05, 4.69) is 13.8 Å². The van der Waals surface area contributed by atoms with Crippen LogP contribution in [0.25, 0.3) is 0 Å². The molecular weight excluding hydrogens is 352 g/mol. The van der Waals surface area contributed by atoms with E-state index in [4.69, 9.17) is 5.73 Å². The largest absolute Gasteiger partial charge is 0.391 e. The minimum absolute atomic E-state index is 0.123. The summed E-state index contributed by atoms with van der Waals surface area (Å²) in [6, 6.07) is 9.69. The number of amides is 2. The van der Waals surface area contributed by atoms with Crippen molar-refractivity contribution >= 4 is 11.8 Å². The highest BCUT2D eigenvalue weighted by Crippen LogP contribution is 2.28. The first-order valence-corrected chi connectivity index (χ1v) is 10.6. The summed E-state index contributed by atoms with van der Waals surface area (Å²) in [6.45, 7) is 5.04. The Bertz CT molecular complexity index is 612. The van der Waals surface area contributed by atoms with Gasteiger partial charge in [-0.05, 0) is 43.1 Å². The van der Waals surface area contributed by atoms with Crippen molar-refractivity contribution < 1.29 is 14.7 Å². The van der Waals surface area contributed by atoms with Crippen LogP contribution in [0.3, 0.4) is 0 Å². The van der Waals surface area contributed by atoms with Crippen molar-refractivity contribution in [3.8, 4) is 0 Å². The summed E-state index contributed by atoms with van der Waals surface area (Å²) < 4.78 is 0. The van der Waals surface area contributed by atoms with Gasteiger partial charge < -0.3 is 15.7 Å². The van der Waals surface area contributed by atoms with Crippen molar-refractivity contribution in [3.63, 3.8) is 0 Å². The lowest BCUT2D eigenvalue weighted by molar-refractivity contribution is -0.134. The van der Waals surface area contributed by atoms with Crippen molar-refractivity contribution in [2.45, 2.75) is 64.9 Å². The zero-order valence-corrected chi connectivity index (χ0v) is 17.3. The fourth-order valence-corrected chi connectivity index (χ4v) is 4.17. The highest BCUT2D eigenvalue weighted by molar-refractivity contribution is 5.77. The van der Waals surface area contributed by atoms with Gasteiger partial charge in [-0.2, -0.15) is 0 Å². The second kappa shape index (κ2) is 11.2. The Balaban J connectivity index is 1.94. The zero-order valence-electron chi connectivity index (χ0n) is 17.3. The molecule has 0 radical (unpaired) electrons. The molecule has 0 aliphatic heterocycles. The highest BCUT2D eigenvalue weighted by Gasteiger charge is 2.26. The molecule has 1 unspecified atom stereocenters.